The largest absolute Gasteiger partial charge is 0.504 e. The molecule has 0 spiro atoms. The van der Waals surface area contributed by atoms with E-state index in [1.165, 1.54) is 17.5 Å². The van der Waals surface area contributed by atoms with Crippen molar-refractivity contribution in [3.05, 3.63) is 35.4 Å². The molecule has 0 radical (unpaired) electrons. The molecule has 0 saturated heterocycles. The summed E-state index contributed by atoms with van der Waals surface area (Å²) in [6, 6.07) is 1.82. The van der Waals surface area contributed by atoms with Gasteiger partial charge in [-0.25, -0.2) is 0 Å². The number of phenols is 2. The van der Waals surface area contributed by atoms with Crippen molar-refractivity contribution in [1.82, 2.24) is 0 Å². The molecular formula is C19H26O2. The van der Waals surface area contributed by atoms with Gasteiger partial charge in [0.25, 0.3) is 0 Å². The molecule has 2 nitrogen and oxygen atoms in total. The average molecular weight is 286 g/mol. The summed E-state index contributed by atoms with van der Waals surface area (Å²) >= 11 is 0. The molecular weight excluding hydrogens is 260 g/mol. The fourth-order valence-corrected chi connectivity index (χ4v) is 4.58. The third-order valence-corrected chi connectivity index (χ3v) is 6.34. The van der Waals surface area contributed by atoms with Crippen molar-refractivity contribution < 1.29 is 10.2 Å². The highest BCUT2D eigenvalue weighted by Crippen LogP contribution is 2.56. The minimum absolute atomic E-state index is 0.0326. The molecule has 0 amide bonds. The average Bonchev–Trinajstić information content (AvgIpc) is 2.46. The van der Waals surface area contributed by atoms with Crippen LogP contribution >= 0.6 is 0 Å². The van der Waals surface area contributed by atoms with Crippen molar-refractivity contribution in [3.63, 3.8) is 0 Å². The van der Waals surface area contributed by atoms with Gasteiger partial charge in [-0.3, -0.25) is 0 Å². The van der Waals surface area contributed by atoms with Gasteiger partial charge < -0.3 is 10.2 Å². The van der Waals surface area contributed by atoms with Crippen LogP contribution in [0.1, 0.15) is 56.2 Å². The number of phenolic OH excluding ortho intramolecular Hbond substituents is 2. The van der Waals surface area contributed by atoms with Crippen LogP contribution in [0.2, 0.25) is 0 Å². The first-order chi connectivity index (χ1) is 9.81. The van der Waals surface area contributed by atoms with Crippen molar-refractivity contribution in [2.45, 2.75) is 58.3 Å². The normalized spacial score (nSPS) is 34.9. The Bertz CT molecular complexity index is 604. The molecule has 114 valence electrons. The summed E-state index contributed by atoms with van der Waals surface area (Å²) in [4.78, 5) is 0. The van der Waals surface area contributed by atoms with Crippen molar-refractivity contribution in [2.24, 2.45) is 11.3 Å². The molecule has 3 rings (SSSR count). The summed E-state index contributed by atoms with van der Waals surface area (Å²) in [5, 5.41) is 20.0. The van der Waals surface area contributed by atoms with Gasteiger partial charge in [0.15, 0.2) is 11.5 Å². The van der Waals surface area contributed by atoms with Gasteiger partial charge in [-0.1, -0.05) is 19.9 Å². The van der Waals surface area contributed by atoms with Crippen LogP contribution in [-0.4, -0.2) is 10.2 Å². The first kappa shape index (κ1) is 14.5. The molecule has 3 atom stereocenters. The lowest BCUT2D eigenvalue weighted by Gasteiger charge is -2.52. The smallest absolute Gasteiger partial charge is 0.160 e. The van der Waals surface area contributed by atoms with Crippen molar-refractivity contribution in [2.75, 3.05) is 0 Å². The van der Waals surface area contributed by atoms with Crippen LogP contribution in [0.25, 0.3) is 0 Å². The molecule has 2 aliphatic carbocycles. The van der Waals surface area contributed by atoms with Gasteiger partial charge in [-0.15, -0.1) is 6.58 Å². The zero-order chi connectivity index (χ0) is 15.4. The van der Waals surface area contributed by atoms with Crippen LogP contribution in [-0.2, 0) is 11.8 Å². The van der Waals surface area contributed by atoms with E-state index in [1.54, 1.807) is 0 Å². The molecule has 1 fully saturated rings. The van der Waals surface area contributed by atoms with Crippen molar-refractivity contribution in [3.8, 4) is 11.5 Å². The SMILES string of the molecule is C=C[C@@]1(C)CC[C@]2(C)c3cc(O)c(O)c(C)c3CC[C@H]2C1. The van der Waals surface area contributed by atoms with E-state index in [9.17, 15) is 10.2 Å². The van der Waals surface area contributed by atoms with Crippen LogP contribution in [0.4, 0.5) is 0 Å². The second-order valence-electron chi connectivity index (χ2n) is 7.61. The van der Waals surface area contributed by atoms with E-state index < -0.39 is 0 Å². The first-order valence-electron chi connectivity index (χ1n) is 7.99. The van der Waals surface area contributed by atoms with Gasteiger partial charge in [0, 0.05) is 0 Å². The molecule has 0 heterocycles. The summed E-state index contributed by atoms with van der Waals surface area (Å²) in [6.07, 6.45) is 7.73. The highest BCUT2D eigenvalue weighted by Gasteiger charge is 2.47. The highest BCUT2D eigenvalue weighted by molar-refractivity contribution is 5.55. The lowest BCUT2D eigenvalue weighted by molar-refractivity contribution is 0.101. The Balaban J connectivity index is 2.09. The molecule has 0 unspecified atom stereocenters. The van der Waals surface area contributed by atoms with E-state index in [1.807, 2.05) is 13.0 Å². The molecule has 2 N–H and O–H groups in total. The molecule has 21 heavy (non-hydrogen) atoms. The van der Waals surface area contributed by atoms with Gasteiger partial charge in [-0.2, -0.15) is 0 Å². The number of allylic oxidation sites excluding steroid dienone is 1. The number of fused-ring (bicyclic) bond motifs is 3. The zero-order valence-electron chi connectivity index (χ0n) is 13.4. The topological polar surface area (TPSA) is 40.5 Å². The van der Waals surface area contributed by atoms with E-state index >= 15 is 0 Å². The van der Waals surface area contributed by atoms with E-state index in [0.29, 0.717) is 5.92 Å². The lowest BCUT2D eigenvalue weighted by Crippen LogP contribution is -2.44. The Morgan fingerprint density at radius 1 is 1.29 bits per heavy atom. The number of benzene rings is 1. The molecule has 0 aliphatic heterocycles. The predicted molar refractivity (Wildman–Crippen MR) is 85.8 cm³/mol. The third-order valence-electron chi connectivity index (χ3n) is 6.34. The van der Waals surface area contributed by atoms with Gasteiger partial charge >= 0.3 is 0 Å². The fraction of sp³-hybridized carbons (Fsp3) is 0.579. The molecule has 1 aromatic rings. The molecule has 2 heteroatoms. The minimum atomic E-state index is 0.0326. The molecule has 0 bridgehead atoms. The Hall–Kier alpha value is -1.44. The van der Waals surface area contributed by atoms with Crippen LogP contribution in [0, 0.1) is 18.3 Å². The molecule has 2 aliphatic rings. The third kappa shape index (κ3) is 1.99. The van der Waals surface area contributed by atoms with E-state index in [0.717, 1.165) is 31.2 Å². The number of aromatic hydroxyl groups is 2. The number of rotatable bonds is 1. The zero-order valence-corrected chi connectivity index (χ0v) is 13.4. The Labute approximate surface area is 127 Å². The van der Waals surface area contributed by atoms with E-state index in [4.69, 9.17) is 0 Å². The minimum Gasteiger partial charge on any atom is -0.504 e. The van der Waals surface area contributed by atoms with Crippen LogP contribution < -0.4 is 0 Å². The van der Waals surface area contributed by atoms with E-state index in [-0.39, 0.29) is 22.3 Å². The number of hydrogen-bond donors (Lipinski definition) is 2. The second kappa shape index (κ2) is 4.53. The second-order valence-corrected chi connectivity index (χ2v) is 7.61. The summed E-state index contributed by atoms with van der Waals surface area (Å²) in [5.41, 5.74) is 3.74. The van der Waals surface area contributed by atoms with Gasteiger partial charge in [-0.05, 0) is 78.5 Å². The Morgan fingerprint density at radius 3 is 2.67 bits per heavy atom. The summed E-state index contributed by atoms with van der Waals surface area (Å²) in [5.74, 6) is 0.720. The van der Waals surface area contributed by atoms with Crippen LogP contribution in [0.15, 0.2) is 18.7 Å². The highest BCUT2D eigenvalue weighted by atomic mass is 16.3. The molecule has 0 aromatic heterocycles. The quantitative estimate of drug-likeness (QED) is 0.585. The molecule has 1 aromatic carbocycles. The van der Waals surface area contributed by atoms with Crippen molar-refractivity contribution in [1.29, 1.82) is 0 Å². The van der Waals surface area contributed by atoms with Gasteiger partial charge in [0.1, 0.15) is 0 Å². The summed E-state index contributed by atoms with van der Waals surface area (Å²) in [6.45, 7) is 10.6. The van der Waals surface area contributed by atoms with Crippen LogP contribution in [0.5, 0.6) is 11.5 Å². The summed E-state index contributed by atoms with van der Waals surface area (Å²) in [7, 11) is 0. The maximum absolute atomic E-state index is 10.0. The summed E-state index contributed by atoms with van der Waals surface area (Å²) < 4.78 is 0. The Kier molecular flexibility index (Phi) is 3.12. The predicted octanol–water partition coefficient (Wildman–Crippen LogP) is 4.60. The monoisotopic (exact) mass is 286 g/mol. The number of hydrogen-bond acceptors (Lipinski definition) is 2. The maximum atomic E-state index is 10.0. The molecule has 1 saturated carbocycles. The van der Waals surface area contributed by atoms with Gasteiger partial charge in [0.2, 0.25) is 0 Å². The van der Waals surface area contributed by atoms with Crippen LogP contribution in [0.3, 0.4) is 0 Å². The standard InChI is InChI=1S/C19H26O2/c1-5-18(3)8-9-19(4)13(11-18)6-7-14-12(2)17(21)16(20)10-15(14)19/h5,10,13,20-21H,1,6-9,11H2,2-4H3/t13-,18-,19-/m0/s1. The lowest BCUT2D eigenvalue weighted by atomic mass is 9.53. The maximum Gasteiger partial charge on any atom is 0.160 e. The van der Waals surface area contributed by atoms with E-state index in [2.05, 4.69) is 26.5 Å². The fourth-order valence-electron chi connectivity index (χ4n) is 4.58. The first-order valence-corrected chi connectivity index (χ1v) is 7.99. The van der Waals surface area contributed by atoms with Crippen molar-refractivity contribution >= 4 is 0 Å². The van der Waals surface area contributed by atoms with Gasteiger partial charge in [0.05, 0.1) is 0 Å². The Morgan fingerprint density at radius 2 is 2.00 bits per heavy atom.